The molecule has 1 aliphatic rings. The molecule has 0 saturated heterocycles. The molecule has 0 heterocycles. The highest BCUT2D eigenvalue weighted by Gasteiger charge is 2.48. The average Bonchev–Trinajstić information content (AvgIpc) is 2.94. The summed E-state index contributed by atoms with van der Waals surface area (Å²) in [6, 6.07) is 0. The van der Waals surface area contributed by atoms with E-state index in [1.807, 2.05) is 13.8 Å². The second-order valence-corrected chi connectivity index (χ2v) is 4.47. The van der Waals surface area contributed by atoms with Crippen LogP contribution in [0.2, 0.25) is 0 Å². The van der Waals surface area contributed by atoms with E-state index in [0.717, 1.165) is 0 Å². The van der Waals surface area contributed by atoms with E-state index < -0.39 is 17.5 Å². The van der Waals surface area contributed by atoms with Crippen LogP contribution in [0.4, 0.5) is 0 Å². The largest absolute Gasteiger partial charge is 0.481 e. The van der Waals surface area contributed by atoms with Gasteiger partial charge in [0.25, 0.3) is 0 Å². The van der Waals surface area contributed by atoms with Crippen LogP contribution in [0.5, 0.6) is 0 Å². The molecule has 86 valence electrons. The summed E-state index contributed by atoms with van der Waals surface area (Å²) in [7, 11) is 1.57. The van der Waals surface area contributed by atoms with E-state index in [0.29, 0.717) is 13.0 Å². The van der Waals surface area contributed by atoms with E-state index in [1.165, 1.54) is 0 Å². The van der Waals surface area contributed by atoms with Crippen LogP contribution in [0.25, 0.3) is 0 Å². The molecule has 1 amide bonds. The van der Waals surface area contributed by atoms with Gasteiger partial charge in [0.15, 0.2) is 0 Å². The van der Waals surface area contributed by atoms with Gasteiger partial charge < -0.3 is 15.2 Å². The molecule has 0 aromatic carbocycles. The molecule has 0 unspecified atom stereocenters. The molecule has 1 rings (SSSR count). The Kier molecular flexibility index (Phi) is 3.34. The molecule has 2 N–H and O–H groups in total. The normalized spacial score (nSPS) is 24.7. The second-order valence-electron chi connectivity index (χ2n) is 4.47. The molecular weight excluding hydrogens is 198 g/mol. The molecule has 15 heavy (non-hydrogen) atoms. The van der Waals surface area contributed by atoms with Crippen molar-refractivity contribution in [2.75, 3.05) is 13.7 Å². The first kappa shape index (κ1) is 12.0. The fourth-order valence-corrected chi connectivity index (χ4v) is 1.26. The number of rotatable bonds is 5. The lowest BCUT2D eigenvalue weighted by atomic mass is 10.1. The van der Waals surface area contributed by atoms with E-state index in [9.17, 15) is 9.59 Å². The number of nitrogens with one attached hydrogen (secondary N) is 1. The van der Waals surface area contributed by atoms with Crippen LogP contribution in [0.15, 0.2) is 0 Å². The minimum absolute atomic E-state index is 0.187. The lowest BCUT2D eigenvalue weighted by Crippen LogP contribution is -2.40. The van der Waals surface area contributed by atoms with Gasteiger partial charge in [0.1, 0.15) is 0 Å². The number of hydrogen-bond acceptors (Lipinski definition) is 3. The molecule has 1 saturated carbocycles. The quantitative estimate of drug-likeness (QED) is 0.689. The predicted octanol–water partition coefficient (Wildman–Crippen LogP) is 0.248. The highest BCUT2D eigenvalue weighted by atomic mass is 16.5. The van der Waals surface area contributed by atoms with Gasteiger partial charge in [-0.1, -0.05) is 0 Å². The molecule has 2 atom stereocenters. The van der Waals surface area contributed by atoms with Crippen LogP contribution in [0.3, 0.4) is 0 Å². The van der Waals surface area contributed by atoms with E-state index in [1.54, 1.807) is 7.11 Å². The third kappa shape index (κ3) is 3.20. The molecule has 0 aromatic rings. The zero-order valence-electron chi connectivity index (χ0n) is 9.24. The monoisotopic (exact) mass is 215 g/mol. The average molecular weight is 215 g/mol. The van der Waals surface area contributed by atoms with Gasteiger partial charge >= 0.3 is 5.97 Å². The van der Waals surface area contributed by atoms with Gasteiger partial charge in [0.2, 0.25) is 5.91 Å². The van der Waals surface area contributed by atoms with Crippen molar-refractivity contribution in [2.45, 2.75) is 25.9 Å². The van der Waals surface area contributed by atoms with Crippen LogP contribution in [0.1, 0.15) is 20.3 Å². The Bertz CT molecular complexity index is 275. The fourth-order valence-electron chi connectivity index (χ4n) is 1.26. The van der Waals surface area contributed by atoms with Crippen molar-refractivity contribution in [2.24, 2.45) is 11.8 Å². The molecule has 5 heteroatoms. The number of amides is 1. The Balaban J connectivity index is 2.30. The number of carboxylic acids is 1. The summed E-state index contributed by atoms with van der Waals surface area (Å²) in [5.74, 6) is -1.92. The highest BCUT2D eigenvalue weighted by molar-refractivity contribution is 5.89. The zero-order chi connectivity index (χ0) is 11.6. The highest BCUT2D eigenvalue weighted by Crippen LogP contribution is 2.38. The number of ether oxygens (including phenoxy) is 1. The van der Waals surface area contributed by atoms with E-state index in [4.69, 9.17) is 9.84 Å². The van der Waals surface area contributed by atoms with Gasteiger partial charge in [-0.15, -0.1) is 0 Å². The van der Waals surface area contributed by atoms with Crippen molar-refractivity contribution in [1.82, 2.24) is 5.32 Å². The van der Waals surface area contributed by atoms with Gasteiger partial charge in [0, 0.05) is 13.7 Å². The van der Waals surface area contributed by atoms with Crippen molar-refractivity contribution in [3.8, 4) is 0 Å². The maximum Gasteiger partial charge on any atom is 0.307 e. The summed E-state index contributed by atoms with van der Waals surface area (Å²) < 4.78 is 5.13. The Morgan fingerprint density at radius 3 is 2.47 bits per heavy atom. The Labute approximate surface area is 88.8 Å². The predicted molar refractivity (Wildman–Crippen MR) is 53.3 cm³/mol. The first-order valence-corrected chi connectivity index (χ1v) is 4.93. The number of methoxy groups -OCH3 is 1. The summed E-state index contributed by atoms with van der Waals surface area (Å²) in [6.07, 6.45) is 0.453. The first-order valence-electron chi connectivity index (χ1n) is 4.93. The molecule has 0 spiro atoms. The molecule has 0 aliphatic heterocycles. The van der Waals surface area contributed by atoms with Crippen LogP contribution < -0.4 is 5.32 Å². The van der Waals surface area contributed by atoms with Crippen molar-refractivity contribution < 1.29 is 19.4 Å². The molecular formula is C10H17NO4. The molecule has 0 radical (unpaired) electrons. The van der Waals surface area contributed by atoms with Gasteiger partial charge in [-0.3, -0.25) is 9.59 Å². The Morgan fingerprint density at radius 2 is 2.07 bits per heavy atom. The van der Waals surface area contributed by atoms with Gasteiger partial charge in [0.05, 0.1) is 17.4 Å². The standard InChI is InChI=1S/C10H17NO4/c1-10(2,15-3)5-11-8(12)6-4-7(6)9(13)14/h6-7H,4-5H2,1-3H3,(H,11,12)(H,13,14)/t6-,7+/m1/s1. The smallest absolute Gasteiger partial charge is 0.307 e. The van der Waals surface area contributed by atoms with Crippen molar-refractivity contribution in [1.29, 1.82) is 0 Å². The van der Waals surface area contributed by atoms with Crippen molar-refractivity contribution >= 4 is 11.9 Å². The third-order valence-corrected chi connectivity index (χ3v) is 2.69. The molecule has 5 nitrogen and oxygen atoms in total. The maximum absolute atomic E-state index is 11.5. The minimum Gasteiger partial charge on any atom is -0.481 e. The fraction of sp³-hybridized carbons (Fsp3) is 0.800. The molecule has 1 fully saturated rings. The minimum atomic E-state index is -0.888. The number of aliphatic carboxylic acids is 1. The summed E-state index contributed by atoms with van der Waals surface area (Å²) in [6.45, 7) is 4.11. The van der Waals surface area contributed by atoms with E-state index >= 15 is 0 Å². The van der Waals surface area contributed by atoms with Crippen molar-refractivity contribution in [3.05, 3.63) is 0 Å². The Morgan fingerprint density at radius 1 is 1.47 bits per heavy atom. The molecule has 0 bridgehead atoms. The molecule has 0 aromatic heterocycles. The van der Waals surface area contributed by atoms with Crippen LogP contribution in [-0.4, -0.2) is 36.2 Å². The summed E-state index contributed by atoms with van der Waals surface area (Å²) >= 11 is 0. The SMILES string of the molecule is COC(C)(C)CNC(=O)[C@@H]1C[C@@H]1C(=O)O. The second kappa shape index (κ2) is 4.18. The Hall–Kier alpha value is -1.10. The number of carbonyl (C=O) groups excluding carboxylic acids is 1. The summed E-state index contributed by atoms with van der Waals surface area (Å²) in [4.78, 5) is 22.0. The zero-order valence-corrected chi connectivity index (χ0v) is 9.24. The maximum atomic E-state index is 11.5. The lowest BCUT2D eigenvalue weighted by Gasteiger charge is -2.23. The first-order chi connectivity index (χ1) is 6.87. The summed E-state index contributed by atoms with van der Waals surface area (Å²) in [5.41, 5.74) is -0.413. The van der Waals surface area contributed by atoms with E-state index in [2.05, 4.69) is 5.32 Å². The third-order valence-electron chi connectivity index (χ3n) is 2.69. The number of carbonyl (C=O) groups is 2. The van der Waals surface area contributed by atoms with Crippen LogP contribution in [-0.2, 0) is 14.3 Å². The van der Waals surface area contributed by atoms with Gasteiger partial charge in [-0.2, -0.15) is 0 Å². The van der Waals surface area contributed by atoms with E-state index in [-0.39, 0.29) is 11.8 Å². The summed E-state index contributed by atoms with van der Waals surface area (Å²) in [5, 5.41) is 11.3. The lowest BCUT2D eigenvalue weighted by molar-refractivity contribution is -0.140. The number of carboxylic acid groups (broad SMARTS) is 1. The van der Waals surface area contributed by atoms with Crippen LogP contribution in [0, 0.1) is 11.8 Å². The molecule has 1 aliphatic carbocycles. The van der Waals surface area contributed by atoms with Crippen LogP contribution >= 0.6 is 0 Å². The van der Waals surface area contributed by atoms with Gasteiger partial charge in [-0.25, -0.2) is 0 Å². The van der Waals surface area contributed by atoms with Gasteiger partial charge in [-0.05, 0) is 20.3 Å². The van der Waals surface area contributed by atoms with Crippen molar-refractivity contribution in [3.63, 3.8) is 0 Å². The topological polar surface area (TPSA) is 75.6 Å². The number of hydrogen-bond donors (Lipinski definition) is 2.